The van der Waals surface area contributed by atoms with Crippen molar-refractivity contribution in [2.75, 3.05) is 19.8 Å². The molecule has 1 saturated heterocycles. The molecule has 1 aromatic carbocycles. The van der Waals surface area contributed by atoms with Gasteiger partial charge < -0.3 is 25.1 Å². The Balaban J connectivity index is 2.15. The van der Waals surface area contributed by atoms with E-state index in [1.807, 2.05) is 0 Å². The molecule has 1 aliphatic rings. The standard InChI is InChI=1S/C22H33F3N2O5/c1-21(2,3)32-20(29)27-10-18(31-12-22(4,5)25)30-11-17(27)19(28)16(26)8-13-6-14(23)9-15(24)7-13/h6-7,9,16-19,28H,8,10-12,26H2,1-5H3/t16-,17+,18-,19-/m0/s1. The Morgan fingerprint density at radius 1 is 1.25 bits per heavy atom. The van der Waals surface area contributed by atoms with E-state index >= 15 is 0 Å². The predicted octanol–water partition coefficient (Wildman–Crippen LogP) is 2.92. The van der Waals surface area contributed by atoms with Crippen molar-refractivity contribution in [1.29, 1.82) is 0 Å². The number of hydrogen-bond acceptors (Lipinski definition) is 6. The van der Waals surface area contributed by atoms with Crippen LogP contribution in [0.3, 0.4) is 0 Å². The molecule has 1 fully saturated rings. The Labute approximate surface area is 186 Å². The van der Waals surface area contributed by atoms with Crippen molar-refractivity contribution < 1.29 is 37.3 Å². The van der Waals surface area contributed by atoms with Gasteiger partial charge in [-0.15, -0.1) is 0 Å². The first-order chi connectivity index (χ1) is 14.6. The second-order valence-corrected chi connectivity index (χ2v) is 9.63. The van der Waals surface area contributed by atoms with Gasteiger partial charge in [0.1, 0.15) is 22.9 Å². The smallest absolute Gasteiger partial charge is 0.410 e. The third-order valence-electron chi connectivity index (χ3n) is 4.67. The van der Waals surface area contributed by atoms with E-state index < -0.39 is 53.5 Å². The molecule has 32 heavy (non-hydrogen) atoms. The van der Waals surface area contributed by atoms with Crippen LogP contribution in [0.5, 0.6) is 0 Å². The fraction of sp³-hybridized carbons (Fsp3) is 0.682. The molecule has 0 bridgehead atoms. The molecule has 1 aromatic rings. The van der Waals surface area contributed by atoms with Crippen molar-refractivity contribution in [1.82, 2.24) is 4.90 Å². The van der Waals surface area contributed by atoms with Crippen LogP contribution in [0.4, 0.5) is 18.0 Å². The molecule has 1 amide bonds. The maximum Gasteiger partial charge on any atom is 0.410 e. The van der Waals surface area contributed by atoms with Crippen LogP contribution in [0.2, 0.25) is 0 Å². The molecule has 7 nitrogen and oxygen atoms in total. The van der Waals surface area contributed by atoms with Gasteiger partial charge in [-0.1, -0.05) is 0 Å². The number of carbonyl (C=O) groups excluding carboxylic acids is 1. The average molecular weight is 463 g/mol. The highest BCUT2D eigenvalue weighted by atomic mass is 19.1. The van der Waals surface area contributed by atoms with Gasteiger partial charge in [-0.25, -0.2) is 18.0 Å². The molecule has 0 unspecified atom stereocenters. The summed E-state index contributed by atoms with van der Waals surface area (Å²) in [6, 6.07) is 1.12. The molecule has 182 valence electrons. The van der Waals surface area contributed by atoms with E-state index in [0.717, 1.165) is 18.2 Å². The summed E-state index contributed by atoms with van der Waals surface area (Å²) in [5, 5.41) is 10.9. The normalized spacial score (nSPS) is 21.9. The van der Waals surface area contributed by atoms with Gasteiger partial charge in [-0.3, -0.25) is 4.90 Å². The van der Waals surface area contributed by atoms with E-state index in [4.69, 9.17) is 19.9 Å². The summed E-state index contributed by atoms with van der Waals surface area (Å²) >= 11 is 0. The number of nitrogens with two attached hydrogens (primary N) is 1. The highest BCUT2D eigenvalue weighted by molar-refractivity contribution is 5.69. The molecule has 1 aliphatic heterocycles. The summed E-state index contributed by atoms with van der Waals surface area (Å²) in [7, 11) is 0. The molecule has 0 saturated carbocycles. The zero-order valence-corrected chi connectivity index (χ0v) is 19.1. The minimum absolute atomic E-state index is 0.0372. The van der Waals surface area contributed by atoms with E-state index in [0.29, 0.717) is 0 Å². The number of rotatable bonds is 7. The number of hydrogen-bond donors (Lipinski definition) is 2. The third kappa shape index (κ3) is 8.23. The number of halogens is 3. The van der Waals surface area contributed by atoms with E-state index in [1.54, 1.807) is 20.8 Å². The van der Waals surface area contributed by atoms with Crippen LogP contribution >= 0.6 is 0 Å². The lowest BCUT2D eigenvalue weighted by atomic mass is 9.96. The summed E-state index contributed by atoms with van der Waals surface area (Å²) < 4.78 is 57.2. The predicted molar refractivity (Wildman–Crippen MR) is 112 cm³/mol. The van der Waals surface area contributed by atoms with Gasteiger partial charge in [0.25, 0.3) is 0 Å². The van der Waals surface area contributed by atoms with Gasteiger partial charge >= 0.3 is 6.09 Å². The lowest BCUT2D eigenvalue weighted by Gasteiger charge is -2.43. The van der Waals surface area contributed by atoms with E-state index in [1.165, 1.54) is 18.7 Å². The Bertz CT molecular complexity index is 762. The molecule has 0 aromatic heterocycles. The van der Waals surface area contributed by atoms with E-state index in [2.05, 4.69) is 0 Å². The van der Waals surface area contributed by atoms with Gasteiger partial charge in [-0.05, 0) is 58.7 Å². The largest absolute Gasteiger partial charge is 0.444 e. The van der Waals surface area contributed by atoms with Crippen LogP contribution in [-0.4, -0.2) is 71.6 Å². The van der Waals surface area contributed by atoms with Crippen LogP contribution in [0.1, 0.15) is 40.2 Å². The highest BCUT2D eigenvalue weighted by Gasteiger charge is 2.41. The summed E-state index contributed by atoms with van der Waals surface area (Å²) in [4.78, 5) is 14.1. The van der Waals surface area contributed by atoms with Gasteiger partial charge in [0, 0.05) is 12.1 Å². The van der Waals surface area contributed by atoms with Gasteiger partial charge in [-0.2, -0.15) is 0 Å². The van der Waals surface area contributed by atoms with Crippen molar-refractivity contribution in [3.63, 3.8) is 0 Å². The number of ether oxygens (including phenoxy) is 3. The molecular formula is C22H33F3N2O5. The maximum atomic E-state index is 13.8. The summed E-state index contributed by atoms with van der Waals surface area (Å²) in [6.45, 7) is 7.27. The molecule has 0 spiro atoms. The Morgan fingerprint density at radius 3 is 2.38 bits per heavy atom. The minimum atomic E-state index is -1.60. The number of morpholine rings is 1. The number of benzene rings is 1. The van der Waals surface area contributed by atoms with Crippen molar-refractivity contribution >= 4 is 6.09 Å². The maximum absolute atomic E-state index is 13.8. The van der Waals surface area contributed by atoms with Crippen molar-refractivity contribution in [3.05, 3.63) is 35.4 Å². The minimum Gasteiger partial charge on any atom is -0.444 e. The first kappa shape index (κ1) is 26.4. The molecular weight excluding hydrogens is 429 g/mol. The van der Waals surface area contributed by atoms with Crippen LogP contribution in [0.25, 0.3) is 0 Å². The SMILES string of the molecule is CC(C)(F)CO[C@H]1CN(C(=O)OC(C)(C)C)[C@@H]([C@@H](O)[C@@H](N)Cc2cc(F)cc(F)c2)CO1. The lowest BCUT2D eigenvalue weighted by Crippen LogP contribution is -2.62. The Hall–Kier alpha value is -1.88. The summed E-state index contributed by atoms with van der Waals surface area (Å²) in [5.41, 5.74) is 3.97. The number of alkyl halides is 1. The fourth-order valence-corrected chi connectivity index (χ4v) is 3.26. The molecule has 0 aliphatic carbocycles. The third-order valence-corrected chi connectivity index (χ3v) is 4.67. The van der Waals surface area contributed by atoms with Crippen molar-refractivity contribution in [2.45, 2.75) is 76.8 Å². The molecule has 1 heterocycles. The Morgan fingerprint density at radius 2 is 1.84 bits per heavy atom. The molecule has 3 N–H and O–H groups in total. The summed E-state index contributed by atoms with van der Waals surface area (Å²) in [5.74, 6) is -1.51. The summed E-state index contributed by atoms with van der Waals surface area (Å²) in [6.07, 6.45) is -2.98. The second-order valence-electron chi connectivity index (χ2n) is 9.63. The van der Waals surface area contributed by atoms with Crippen LogP contribution < -0.4 is 5.73 Å². The number of amides is 1. The quantitative estimate of drug-likeness (QED) is 0.647. The fourth-order valence-electron chi connectivity index (χ4n) is 3.26. The lowest BCUT2D eigenvalue weighted by molar-refractivity contribution is -0.212. The average Bonchev–Trinajstić information content (AvgIpc) is 2.62. The monoisotopic (exact) mass is 462 g/mol. The van der Waals surface area contributed by atoms with Crippen molar-refractivity contribution in [3.8, 4) is 0 Å². The number of carbonyl (C=O) groups is 1. The number of aliphatic hydroxyl groups excluding tert-OH is 1. The van der Waals surface area contributed by atoms with Gasteiger partial charge in [0.05, 0.1) is 31.9 Å². The molecule has 2 rings (SSSR count). The molecule has 4 atom stereocenters. The molecule has 10 heteroatoms. The highest BCUT2D eigenvalue weighted by Crippen LogP contribution is 2.23. The topological polar surface area (TPSA) is 94.2 Å². The van der Waals surface area contributed by atoms with Crippen LogP contribution in [-0.2, 0) is 20.6 Å². The molecule has 0 radical (unpaired) electrons. The van der Waals surface area contributed by atoms with Gasteiger partial charge in [0.2, 0.25) is 0 Å². The van der Waals surface area contributed by atoms with Gasteiger partial charge in [0.15, 0.2) is 6.29 Å². The second kappa shape index (κ2) is 10.4. The van der Waals surface area contributed by atoms with Crippen LogP contribution in [0, 0.1) is 11.6 Å². The van der Waals surface area contributed by atoms with Crippen molar-refractivity contribution in [2.24, 2.45) is 5.73 Å². The zero-order valence-electron chi connectivity index (χ0n) is 19.1. The Kier molecular flexibility index (Phi) is 8.55. The number of nitrogens with zero attached hydrogens (tertiary/aromatic N) is 1. The first-order valence-electron chi connectivity index (χ1n) is 10.4. The zero-order chi connectivity index (χ0) is 24.3. The first-order valence-corrected chi connectivity index (χ1v) is 10.4. The van der Waals surface area contributed by atoms with Crippen LogP contribution in [0.15, 0.2) is 18.2 Å². The van der Waals surface area contributed by atoms with E-state index in [-0.39, 0.29) is 31.7 Å². The van der Waals surface area contributed by atoms with E-state index in [9.17, 15) is 23.1 Å². The number of aliphatic hydroxyl groups is 1.